The van der Waals surface area contributed by atoms with Gasteiger partial charge in [0.25, 0.3) is 0 Å². The van der Waals surface area contributed by atoms with Crippen LogP contribution in [-0.2, 0) is 7.05 Å². The van der Waals surface area contributed by atoms with Crippen LogP contribution in [0.25, 0.3) is 6.08 Å². The standard InChI is InChI=1S/C16H18N2O4/c1-18-10-12(9-17-18)13(19)7-5-11-6-8-14(20-2)16(22-4)15(11)21-3/h5-10H,1-4H3. The number of carbonyl (C=O) groups excluding carboxylic acids is 1. The van der Waals surface area contributed by atoms with Crippen molar-refractivity contribution >= 4 is 11.9 Å². The maximum Gasteiger partial charge on any atom is 0.203 e. The van der Waals surface area contributed by atoms with Gasteiger partial charge in [0.15, 0.2) is 17.3 Å². The Morgan fingerprint density at radius 2 is 1.86 bits per heavy atom. The van der Waals surface area contributed by atoms with Crippen molar-refractivity contribution in [3.63, 3.8) is 0 Å². The molecule has 1 heterocycles. The van der Waals surface area contributed by atoms with Crippen LogP contribution in [0.4, 0.5) is 0 Å². The second-order valence-corrected chi connectivity index (χ2v) is 4.52. The summed E-state index contributed by atoms with van der Waals surface area (Å²) in [6.45, 7) is 0. The Balaban J connectivity index is 2.32. The number of aryl methyl sites for hydroxylation is 1. The minimum absolute atomic E-state index is 0.134. The Kier molecular flexibility index (Phi) is 4.83. The number of ether oxygens (including phenoxy) is 3. The number of rotatable bonds is 6. The van der Waals surface area contributed by atoms with Crippen LogP contribution in [0.2, 0.25) is 0 Å². The monoisotopic (exact) mass is 302 g/mol. The van der Waals surface area contributed by atoms with E-state index >= 15 is 0 Å². The van der Waals surface area contributed by atoms with E-state index in [1.54, 1.807) is 43.2 Å². The molecule has 22 heavy (non-hydrogen) atoms. The van der Waals surface area contributed by atoms with Crippen LogP contribution in [0.15, 0.2) is 30.6 Å². The van der Waals surface area contributed by atoms with Gasteiger partial charge in [-0.1, -0.05) is 0 Å². The molecule has 0 radical (unpaired) electrons. The molecule has 0 aliphatic rings. The molecule has 0 fully saturated rings. The third-order valence-corrected chi connectivity index (χ3v) is 3.14. The molecule has 0 atom stereocenters. The van der Waals surface area contributed by atoms with Gasteiger partial charge in [-0.25, -0.2) is 0 Å². The fourth-order valence-electron chi connectivity index (χ4n) is 2.07. The summed E-state index contributed by atoms with van der Waals surface area (Å²) in [6.07, 6.45) is 6.34. The van der Waals surface area contributed by atoms with E-state index in [2.05, 4.69) is 5.10 Å². The second kappa shape index (κ2) is 6.80. The van der Waals surface area contributed by atoms with Gasteiger partial charge in [-0.05, 0) is 24.3 Å². The molecule has 2 rings (SSSR count). The maximum absolute atomic E-state index is 12.1. The van der Waals surface area contributed by atoms with Crippen molar-refractivity contribution in [1.29, 1.82) is 0 Å². The molecular formula is C16H18N2O4. The van der Waals surface area contributed by atoms with Crippen LogP contribution in [0.3, 0.4) is 0 Å². The molecule has 6 heteroatoms. The summed E-state index contributed by atoms with van der Waals surface area (Å²) in [7, 11) is 6.39. The van der Waals surface area contributed by atoms with E-state index in [4.69, 9.17) is 14.2 Å². The molecule has 0 N–H and O–H groups in total. The van der Waals surface area contributed by atoms with Crippen molar-refractivity contribution < 1.29 is 19.0 Å². The SMILES string of the molecule is COc1ccc(C=CC(=O)c2cnn(C)c2)c(OC)c1OC. The summed E-state index contributed by atoms with van der Waals surface area (Å²) in [5, 5.41) is 3.98. The number of methoxy groups -OCH3 is 3. The summed E-state index contributed by atoms with van der Waals surface area (Å²) in [4.78, 5) is 12.1. The van der Waals surface area contributed by atoms with E-state index in [-0.39, 0.29) is 5.78 Å². The molecule has 0 saturated carbocycles. The average Bonchev–Trinajstić information content (AvgIpc) is 2.97. The first kappa shape index (κ1) is 15.6. The molecule has 0 spiro atoms. The van der Waals surface area contributed by atoms with Crippen molar-refractivity contribution in [2.45, 2.75) is 0 Å². The van der Waals surface area contributed by atoms with Crippen LogP contribution in [-0.4, -0.2) is 36.9 Å². The highest BCUT2D eigenvalue weighted by molar-refractivity contribution is 6.06. The van der Waals surface area contributed by atoms with E-state index in [9.17, 15) is 4.79 Å². The van der Waals surface area contributed by atoms with E-state index in [0.717, 1.165) is 5.56 Å². The predicted molar refractivity (Wildman–Crippen MR) is 82.7 cm³/mol. The van der Waals surface area contributed by atoms with Gasteiger partial charge in [0.05, 0.1) is 33.1 Å². The fraction of sp³-hybridized carbons (Fsp3) is 0.250. The lowest BCUT2D eigenvalue weighted by Gasteiger charge is -2.13. The lowest BCUT2D eigenvalue weighted by Crippen LogP contribution is -1.97. The zero-order valence-electron chi connectivity index (χ0n) is 13.0. The third kappa shape index (κ3) is 3.11. The van der Waals surface area contributed by atoms with Crippen molar-refractivity contribution in [3.05, 3.63) is 41.7 Å². The number of aromatic nitrogens is 2. The van der Waals surface area contributed by atoms with Crippen LogP contribution in [0, 0.1) is 0 Å². The first-order chi connectivity index (χ1) is 10.6. The zero-order chi connectivity index (χ0) is 16.1. The average molecular weight is 302 g/mol. The molecule has 2 aromatic rings. The maximum atomic E-state index is 12.1. The van der Waals surface area contributed by atoms with Gasteiger partial charge in [-0.15, -0.1) is 0 Å². The molecule has 1 aromatic carbocycles. The van der Waals surface area contributed by atoms with Crippen LogP contribution in [0.1, 0.15) is 15.9 Å². The van der Waals surface area contributed by atoms with E-state index in [0.29, 0.717) is 22.8 Å². The van der Waals surface area contributed by atoms with Gasteiger partial charge in [0.1, 0.15) is 0 Å². The number of hydrogen-bond donors (Lipinski definition) is 0. The van der Waals surface area contributed by atoms with Gasteiger partial charge >= 0.3 is 0 Å². The molecule has 0 amide bonds. The Bertz CT molecular complexity index is 704. The largest absolute Gasteiger partial charge is 0.493 e. The van der Waals surface area contributed by atoms with Crippen molar-refractivity contribution in [3.8, 4) is 17.2 Å². The summed E-state index contributed by atoms with van der Waals surface area (Å²) in [6, 6.07) is 3.56. The van der Waals surface area contributed by atoms with Gasteiger partial charge in [0, 0.05) is 18.8 Å². The van der Waals surface area contributed by atoms with Crippen molar-refractivity contribution in [2.75, 3.05) is 21.3 Å². The number of hydrogen-bond acceptors (Lipinski definition) is 5. The molecule has 116 valence electrons. The number of nitrogens with zero attached hydrogens (tertiary/aromatic N) is 2. The Morgan fingerprint density at radius 1 is 1.14 bits per heavy atom. The molecule has 0 bridgehead atoms. The Labute approximate surface area is 128 Å². The van der Waals surface area contributed by atoms with E-state index in [1.807, 2.05) is 0 Å². The van der Waals surface area contributed by atoms with Gasteiger partial charge in [0.2, 0.25) is 5.75 Å². The molecule has 0 aliphatic heterocycles. The highest BCUT2D eigenvalue weighted by atomic mass is 16.5. The van der Waals surface area contributed by atoms with E-state index < -0.39 is 0 Å². The van der Waals surface area contributed by atoms with E-state index in [1.165, 1.54) is 26.5 Å². The third-order valence-electron chi connectivity index (χ3n) is 3.14. The smallest absolute Gasteiger partial charge is 0.203 e. The molecule has 0 aliphatic carbocycles. The zero-order valence-corrected chi connectivity index (χ0v) is 13.0. The lowest BCUT2D eigenvalue weighted by molar-refractivity contribution is 0.104. The summed E-state index contributed by atoms with van der Waals surface area (Å²) >= 11 is 0. The first-order valence-electron chi connectivity index (χ1n) is 6.60. The molecule has 0 unspecified atom stereocenters. The lowest BCUT2D eigenvalue weighted by atomic mass is 10.1. The Morgan fingerprint density at radius 3 is 2.41 bits per heavy atom. The normalized spacial score (nSPS) is 10.7. The first-order valence-corrected chi connectivity index (χ1v) is 6.60. The predicted octanol–water partition coefficient (Wildman–Crippen LogP) is 2.34. The number of benzene rings is 1. The van der Waals surface area contributed by atoms with Crippen molar-refractivity contribution in [2.24, 2.45) is 7.05 Å². The topological polar surface area (TPSA) is 62.6 Å². The number of ketones is 1. The Hall–Kier alpha value is -2.76. The van der Waals surface area contributed by atoms with Gasteiger partial charge in [-0.3, -0.25) is 9.48 Å². The minimum Gasteiger partial charge on any atom is -0.493 e. The second-order valence-electron chi connectivity index (χ2n) is 4.52. The summed E-state index contributed by atoms with van der Waals surface area (Å²) in [5.74, 6) is 1.43. The molecular weight excluding hydrogens is 284 g/mol. The molecule has 0 saturated heterocycles. The van der Waals surface area contributed by atoms with Gasteiger partial charge in [-0.2, -0.15) is 5.10 Å². The number of carbonyl (C=O) groups is 1. The fourth-order valence-corrected chi connectivity index (χ4v) is 2.07. The van der Waals surface area contributed by atoms with Crippen molar-refractivity contribution in [1.82, 2.24) is 9.78 Å². The summed E-state index contributed by atoms with van der Waals surface area (Å²) < 4.78 is 17.5. The minimum atomic E-state index is -0.134. The van der Waals surface area contributed by atoms with Crippen LogP contribution >= 0.6 is 0 Å². The molecule has 1 aromatic heterocycles. The van der Waals surface area contributed by atoms with Crippen LogP contribution < -0.4 is 14.2 Å². The summed E-state index contributed by atoms with van der Waals surface area (Å²) in [5.41, 5.74) is 1.25. The quantitative estimate of drug-likeness (QED) is 0.605. The number of allylic oxidation sites excluding steroid dienone is 1. The van der Waals surface area contributed by atoms with Crippen LogP contribution in [0.5, 0.6) is 17.2 Å². The molecule has 6 nitrogen and oxygen atoms in total. The highest BCUT2D eigenvalue weighted by Crippen LogP contribution is 2.40. The van der Waals surface area contributed by atoms with Gasteiger partial charge < -0.3 is 14.2 Å². The highest BCUT2D eigenvalue weighted by Gasteiger charge is 2.14.